The summed E-state index contributed by atoms with van der Waals surface area (Å²) in [5, 5.41) is 5.58. The lowest BCUT2D eigenvalue weighted by Crippen LogP contribution is -2.44. The van der Waals surface area contributed by atoms with Crippen molar-refractivity contribution < 1.29 is 14.4 Å². The highest BCUT2D eigenvalue weighted by Gasteiger charge is 2.51. The van der Waals surface area contributed by atoms with Crippen LogP contribution < -0.4 is 10.6 Å². The second-order valence-corrected chi connectivity index (χ2v) is 7.98. The number of urea groups is 1. The van der Waals surface area contributed by atoms with Crippen molar-refractivity contribution in [3.8, 4) is 0 Å². The maximum atomic E-state index is 13.0. The Morgan fingerprint density at radius 1 is 1.07 bits per heavy atom. The standard InChI is InChI=1S/C22H25N3O3S/c1-2-22(17-10-5-3-6-11-17)20(27)25(21(28)24-22)16-19(26)23-14-9-15-29-18-12-7-4-8-13-18/h3-8,10-13H,2,9,14-16H2,1H3,(H,23,26)(H,24,28). The van der Waals surface area contributed by atoms with Gasteiger partial charge < -0.3 is 10.6 Å². The molecule has 3 rings (SSSR count). The molecule has 0 aliphatic carbocycles. The number of nitrogens with zero attached hydrogens (tertiary/aromatic N) is 1. The molecule has 2 aromatic rings. The van der Waals surface area contributed by atoms with Crippen molar-refractivity contribution in [1.29, 1.82) is 0 Å². The van der Waals surface area contributed by atoms with E-state index in [4.69, 9.17) is 0 Å². The molecule has 6 nitrogen and oxygen atoms in total. The first-order chi connectivity index (χ1) is 14.1. The molecule has 0 spiro atoms. The topological polar surface area (TPSA) is 78.5 Å². The van der Waals surface area contributed by atoms with Crippen molar-refractivity contribution in [2.75, 3.05) is 18.8 Å². The molecule has 1 saturated heterocycles. The largest absolute Gasteiger partial charge is 0.355 e. The van der Waals surface area contributed by atoms with Crippen LogP contribution in [0, 0.1) is 0 Å². The second kappa shape index (κ2) is 9.60. The number of benzene rings is 2. The van der Waals surface area contributed by atoms with Crippen LogP contribution in [-0.2, 0) is 15.1 Å². The van der Waals surface area contributed by atoms with Crippen molar-refractivity contribution in [2.45, 2.75) is 30.2 Å². The van der Waals surface area contributed by atoms with Crippen LogP contribution in [0.2, 0.25) is 0 Å². The highest BCUT2D eigenvalue weighted by Crippen LogP contribution is 2.32. The highest BCUT2D eigenvalue weighted by molar-refractivity contribution is 7.99. The Balaban J connectivity index is 1.50. The summed E-state index contributed by atoms with van der Waals surface area (Å²) < 4.78 is 0. The van der Waals surface area contributed by atoms with Crippen molar-refractivity contribution in [1.82, 2.24) is 15.5 Å². The number of carbonyl (C=O) groups excluding carboxylic acids is 3. The minimum absolute atomic E-state index is 0.273. The molecule has 4 amide bonds. The Kier molecular flexibility index (Phi) is 6.93. The zero-order chi connectivity index (χ0) is 20.7. The molecule has 2 aromatic carbocycles. The van der Waals surface area contributed by atoms with E-state index < -0.39 is 11.6 Å². The van der Waals surface area contributed by atoms with Gasteiger partial charge in [0.1, 0.15) is 12.1 Å². The molecule has 152 valence electrons. The molecule has 0 radical (unpaired) electrons. The van der Waals surface area contributed by atoms with Crippen molar-refractivity contribution >= 4 is 29.6 Å². The Morgan fingerprint density at radius 3 is 2.38 bits per heavy atom. The first-order valence-electron chi connectivity index (χ1n) is 9.71. The van der Waals surface area contributed by atoms with E-state index in [2.05, 4.69) is 10.6 Å². The van der Waals surface area contributed by atoms with Crippen molar-refractivity contribution in [2.24, 2.45) is 0 Å². The van der Waals surface area contributed by atoms with E-state index in [1.807, 2.05) is 67.6 Å². The summed E-state index contributed by atoms with van der Waals surface area (Å²) in [5.41, 5.74) is -0.382. The number of imide groups is 1. The van der Waals surface area contributed by atoms with Crippen LogP contribution in [0.3, 0.4) is 0 Å². The molecule has 1 unspecified atom stereocenters. The average molecular weight is 412 g/mol. The van der Waals surface area contributed by atoms with Crippen LogP contribution >= 0.6 is 11.8 Å². The van der Waals surface area contributed by atoms with Crippen molar-refractivity contribution in [3.05, 3.63) is 66.2 Å². The second-order valence-electron chi connectivity index (χ2n) is 6.81. The van der Waals surface area contributed by atoms with Crippen LogP contribution in [0.15, 0.2) is 65.6 Å². The SMILES string of the molecule is CCC1(c2ccccc2)NC(=O)N(CC(=O)NCCCSc2ccccc2)C1=O. The average Bonchev–Trinajstić information content (AvgIpc) is 3.00. The smallest absolute Gasteiger partial charge is 0.325 e. The van der Waals surface area contributed by atoms with Gasteiger partial charge in [-0.05, 0) is 36.3 Å². The fourth-order valence-corrected chi connectivity index (χ4v) is 4.21. The number of thioether (sulfide) groups is 1. The number of carbonyl (C=O) groups is 3. The summed E-state index contributed by atoms with van der Waals surface area (Å²) in [4.78, 5) is 39.9. The minimum atomic E-state index is -1.11. The summed E-state index contributed by atoms with van der Waals surface area (Å²) in [6.07, 6.45) is 1.21. The first-order valence-corrected chi connectivity index (χ1v) is 10.7. The summed E-state index contributed by atoms with van der Waals surface area (Å²) in [6, 6.07) is 18.7. The van der Waals surface area contributed by atoms with Crippen LogP contribution in [0.1, 0.15) is 25.3 Å². The summed E-state index contributed by atoms with van der Waals surface area (Å²) in [5.74, 6) is 0.157. The maximum Gasteiger partial charge on any atom is 0.325 e. The van der Waals surface area contributed by atoms with Crippen LogP contribution in [0.5, 0.6) is 0 Å². The van der Waals surface area contributed by atoms with Gasteiger partial charge in [0, 0.05) is 11.4 Å². The van der Waals surface area contributed by atoms with Gasteiger partial charge in [0.15, 0.2) is 0 Å². The van der Waals surface area contributed by atoms with Gasteiger partial charge in [-0.2, -0.15) is 0 Å². The molecule has 7 heteroatoms. The van der Waals surface area contributed by atoms with E-state index >= 15 is 0 Å². The maximum absolute atomic E-state index is 13.0. The van der Waals surface area contributed by atoms with Crippen LogP contribution in [0.25, 0.3) is 0 Å². The molecule has 0 aromatic heterocycles. The molecule has 29 heavy (non-hydrogen) atoms. The van der Waals surface area contributed by atoms with E-state index in [1.165, 1.54) is 4.90 Å². The zero-order valence-corrected chi connectivity index (χ0v) is 17.2. The number of rotatable bonds is 9. The van der Waals surface area contributed by atoms with E-state index in [-0.39, 0.29) is 18.4 Å². The monoisotopic (exact) mass is 411 g/mol. The molecule has 0 bridgehead atoms. The third-order valence-corrected chi connectivity index (χ3v) is 6.03. The van der Waals surface area contributed by atoms with Gasteiger partial charge in [-0.15, -0.1) is 11.8 Å². The Hall–Kier alpha value is -2.80. The Bertz CT molecular complexity index is 860. The van der Waals surface area contributed by atoms with Gasteiger partial charge in [-0.3, -0.25) is 14.5 Å². The third-order valence-electron chi connectivity index (χ3n) is 4.93. The molecule has 2 N–H and O–H groups in total. The van der Waals surface area contributed by atoms with Crippen molar-refractivity contribution in [3.63, 3.8) is 0 Å². The van der Waals surface area contributed by atoms with Gasteiger partial charge in [-0.25, -0.2) is 4.79 Å². The van der Waals surface area contributed by atoms with Crippen LogP contribution in [-0.4, -0.2) is 41.6 Å². The van der Waals surface area contributed by atoms with Gasteiger partial charge in [0.05, 0.1) is 0 Å². The summed E-state index contributed by atoms with van der Waals surface area (Å²) >= 11 is 1.73. The third kappa shape index (κ3) is 4.79. The number of nitrogens with one attached hydrogen (secondary N) is 2. The van der Waals surface area contributed by atoms with E-state index in [0.717, 1.165) is 22.6 Å². The minimum Gasteiger partial charge on any atom is -0.355 e. The molecular weight excluding hydrogens is 386 g/mol. The molecular formula is C22H25N3O3S. The van der Waals surface area contributed by atoms with E-state index in [1.54, 1.807) is 11.8 Å². The van der Waals surface area contributed by atoms with E-state index in [0.29, 0.717) is 13.0 Å². The van der Waals surface area contributed by atoms with Gasteiger partial charge >= 0.3 is 6.03 Å². The Labute approximate surface area is 175 Å². The Morgan fingerprint density at radius 2 is 1.72 bits per heavy atom. The molecule has 1 fully saturated rings. The number of amides is 4. The molecule has 1 aliphatic heterocycles. The number of hydrogen-bond acceptors (Lipinski definition) is 4. The zero-order valence-electron chi connectivity index (χ0n) is 16.4. The molecule has 1 aliphatic rings. The van der Waals surface area contributed by atoms with Gasteiger partial charge in [0.25, 0.3) is 5.91 Å². The predicted octanol–water partition coefficient (Wildman–Crippen LogP) is 3.14. The number of hydrogen-bond donors (Lipinski definition) is 2. The summed E-state index contributed by atoms with van der Waals surface area (Å²) in [6.45, 7) is 2.07. The highest BCUT2D eigenvalue weighted by atomic mass is 32.2. The van der Waals surface area contributed by atoms with Gasteiger partial charge in [-0.1, -0.05) is 55.5 Å². The quantitative estimate of drug-likeness (QED) is 0.377. The van der Waals surface area contributed by atoms with E-state index in [9.17, 15) is 14.4 Å². The van der Waals surface area contributed by atoms with Gasteiger partial charge in [0.2, 0.25) is 5.91 Å². The lowest BCUT2D eigenvalue weighted by Gasteiger charge is -2.25. The first kappa shape index (κ1) is 20.9. The molecule has 1 atom stereocenters. The predicted molar refractivity (Wildman–Crippen MR) is 113 cm³/mol. The molecule has 1 heterocycles. The fraction of sp³-hybridized carbons (Fsp3) is 0.318. The lowest BCUT2D eigenvalue weighted by atomic mass is 9.87. The lowest BCUT2D eigenvalue weighted by molar-refractivity contribution is -0.135. The molecule has 0 saturated carbocycles. The summed E-state index contributed by atoms with van der Waals surface area (Å²) in [7, 11) is 0. The fourth-order valence-electron chi connectivity index (χ4n) is 3.34. The van der Waals surface area contributed by atoms with Crippen LogP contribution in [0.4, 0.5) is 4.79 Å². The normalized spacial score (nSPS) is 18.6.